The van der Waals surface area contributed by atoms with E-state index >= 15 is 0 Å². The Morgan fingerprint density at radius 1 is 1.38 bits per heavy atom. The molecule has 1 amide bonds. The van der Waals surface area contributed by atoms with Crippen molar-refractivity contribution in [2.24, 2.45) is 5.92 Å². The third kappa shape index (κ3) is 3.20. The van der Waals surface area contributed by atoms with E-state index < -0.39 is 5.60 Å². The zero-order chi connectivity index (χ0) is 18.5. The monoisotopic (exact) mass is 349 g/mol. The number of imidazole rings is 1. The van der Waals surface area contributed by atoms with Crippen LogP contribution in [0.1, 0.15) is 51.0 Å². The minimum Gasteiger partial charge on any atom is -0.444 e. The van der Waals surface area contributed by atoms with Gasteiger partial charge in [-0.2, -0.15) is 0 Å². The molecule has 1 fully saturated rings. The van der Waals surface area contributed by atoms with Crippen molar-refractivity contribution in [2.45, 2.75) is 45.3 Å². The lowest BCUT2D eigenvalue weighted by atomic mass is 10.1. The number of nitrogens with one attached hydrogen (secondary N) is 1. The van der Waals surface area contributed by atoms with E-state index in [1.54, 1.807) is 4.90 Å². The molecule has 1 atom stereocenters. The summed E-state index contributed by atoms with van der Waals surface area (Å²) in [6.45, 7) is 6.26. The Morgan fingerprint density at radius 2 is 2.15 bits per heavy atom. The second kappa shape index (κ2) is 5.91. The molecule has 0 spiro atoms. The highest BCUT2D eigenvalue weighted by atomic mass is 16.6. The summed E-state index contributed by atoms with van der Waals surface area (Å²) >= 11 is 0. The Morgan fingerprint density at radius 3 is 2.81 bits per heavy atom. The summed E-state index contributed by atoms with van der Waals surface area (Å²) in [5, 5.41) is 0. The Balaban J connectivity index is 1.68. The molecule has 134 valence electrons. The number of carbonyl (C=O) groups excluding carboxylic acids is 1. The van der Waals surface area contributed by atoms with Crippen molar-refractivity contribution < 1.29 is 9.53 Å². The largest absolute Gasteiger partial charge is 0.444 e. The molecule has 26 heavy (non-hydrogen) atoms. The van der Waals surface area contributed by atoms with Gasteiger partial charge in [-0.3, -0.25) is 4.90 Å². The molecule has 0 bridgehead atoms. The van der Waals surface area contributed by atoms with Crippen LogP contribution in [-0.2, 0) is 4.74 Å². The van der Waals surface area contributed by atoms with Gasteiger partial charge in [0.2, 0.25) is 0 Å². The van der Waals surface area contributed by atoms with Crippen LogP contribution >= 0.6 is 0 Å². The molecule has 4 rings (SSSR count). The molecular weight excluding hydrogens is 326 g/mol. The zero-order valence-electron chi connectivity index (χ0n) is 15.4. The number of hydrogen-bond donors (Lipinski definition) is 1. The van der Waals surface area contributed by atoms with E-state index in [4.69, 9.17) is 16.1 Å². The lowest BCUT2D eigenvalue weighted by Crippen LogP contribution is -2.37. The van der Waals surface area contributed by atoms with Gasteiger partial charge < -0.3 is 9.72 Å². The quantitative estimate of drug-likeness (QED) is 0.654. The van der Waals surface area contributed by atoms with Gasteiger partial charge in [-0.15, -0.1) is 6.42 Å². The number of amides is 1. The number of nitrogens with zero attached hydrogens (tertiary/aromatic N) is 2. The van der Waals surface area contributed by atoms with Gasteiger partial charge in [0.1, 0.15) is 17.5 Å². The van der Waals surface area contributed by atoms with E-state index in [0.717, 1.165) is 22.4 Å². The Bertz CT molecular complexity index is 938. The summed E-state index contributed by atoms with van der Waals surface area (Å²) in [4.78, 5) is 22.5. The standard InChI is InChI=1S/C21H23N3O2/c1-5-13-6-9-16-17(10-13)23-19(22-16)18-11-15(14-7-8-14)12-24(18)20(25)26-21(2,3)4/h1,6,9-11,14,18H,7-8,12H2,2-4H3,(H,22,23). The van der Waals surface area contributed by atoms with Crippen LogP contribution in [0.15, 0.2) is 29.8 Å². The van der Waals surface area contributed by atoms with E-state index in [-0.39, 0.29) is 12.1 Å². The highest BCUT2D eigenvalue weighted by molar-refractivity contribution is 5.77. The smallest absolute Gasteiger partial charge is 0.411 e. The third-order valence-electron chi connectivity index (χ3n) is 4.74. The first-order chi connectivity index (χ1) is 12.3. The number of H-pyrrole nitrogens is 1. The topological polar surface area (TPSA) is 58.2 Å². The van der Waals surface area contributed by atoms with Gasteiger partial charge in [0.15, 0.2) is 0 Å². The zero-order valence-corrected chi connectivity index (χ0v) is 15.4. The second-order valence-electron chi connectivity index (χ2n) is 8.07. The highest BCUT2D eigenvalue weighted by Crippen LogP contribution is 2.43. The van der Waals surface area contributed by atoms with Crippen LogP contribution in [-0.4, -0.2) is 33.1 Å². The molecule has 5 nitrogen and oxygen atoms in total. The van der Waals surface area contributed by atoms with Gasteiger partial charge in [-0.25, -0.2) is 9.78 Å². The van der Waals surface area contributed by atoms with Crippen molar-refractivity contribution in [2.75, 3.05) is 6.54 Å². The molecule has 2 aromatic rings. The molecular formula is C21H23N3O2. The van der Waals surface area contributed by atoms with Gasteiger partial charge >= 0.3 is 6.09 Å². The lowest BCUT2D eigenvalue weighted by Gasteiger charge is -2.28. The van der Waals surface area contributed by atoms with Crippen molar-refractivity contribution in [3.63, 3.8) is 0 Å². The fourth-order valence-corrected chi connectivity index (χ4v) is 3.34. The van der Waals surface area contributed by atoms with E-state index in [9.17, 15) is 4.79 Å². The normalized spacial score (nSPS) is 20.2. The number of ether oxygens (including phenoxy) is 1. The molecule has 1 aromatic heterocycles. The van der Waals surface area contributed by atoms with Gasteiger partial charge in [0.25, 0.3) is 0 Å². The van der Waals surface area contributed by atoms with E-state index in [0.29, 0.717) is 12.5 Å². The number of hydrogen-bond acceptors (Lipinski definition) is 3. The number of rotatable bonds is 2. The first-order valence-electron chi connectivity index (χ1n) is 9.00. The fourth-order valence-electron chi connectivity index (χ4n) is 3.34. The van der Waals surface area contributed by atoms with E-state index in [1.807, 2.05) is 39.0 Å². The van der Waals surface area contributed by atoms with Crippen LogP contribution in [0.2, 0.25) is 0 Å². The van der Waals surface area contributed by atoms with Crippen LogP contribution in [0.4, 0.5) is 4.79 Å². The fraction of sp³-hybridized carbons (Fsp3) is 0.429. The van der Waals surface area contributed by atoms with Crippen LogP contribution in [0, 0.1) is 18.3 Å². The molecule has 2 aliphatic rings. The molecule has 5 heteroatoms. The molecule has 0 saturated heterocycles. The van der Waals surface area contributed by atoms with Crippen molar-refractivity contribution in [3.8, 4) is 12.3 Å². The number of terminal acetylenes is 1. The molecule has 1 unspecified atom stereocenters. The van der Waals surface area contributed by atoms with Crippen molar-refractivity contribution >= 4 is 17.1 Å². The summed E-state index contributed by atoms with van der Waals surface area (Å²) in [7, 11) is 0. The predicted octanol–water partition coefficient (Wildman–Crippen LogP) is 4.17. The minimum atomic E-state index is -0.528. The molecule has 0 radical (unpaired) electrons. The Labute approximate surface area is 153 Å². The average Bonchev–Trinajstić information content (AvgIpc) is 3.18. The molecule has 1 aliphatic carbocycles. The summed E-state index contributed by atoms with van der Waals surface area (Å²) in [5.74, 6) is 3.98. The van der Waals surface area contributed by atoms with Crippen molar-refractivity contribution in [3.05, 3.63) is 41.2 Å². The molecule has 1 saturated carbocycles. The number of carbonyl (C=O) groups is 1. The van der Waals surface area contributed by atoms with Crippen LogP contribution < -0.4 is 0 Å². The number of benzene rings is 1. The molecule has 1 aromatic carbocycles. The lowest BCUT2D eigenvalue weighted by molar-refractivity contribution is 0.0232. The molecule has 2 heterocycles. The summed E-state index contributed by atoms with van der Waals surface area (Å²) in [5.41, 5.74) is 3.31. The van der Waals surface area contributed by atoms with Gasteiger partial charge in [0, 0.05) is 12.1 Å². The second-order valence-corrected chi connectivity index (χ2v) is 8.07. The number of aromatic nitrogens is 2. The summed E-state index contributed by atoms with van der Waals surface area (Å²) < 4.78 is 5.62. The highest BCUT2D eigenvalue weighted by Gasteiger charge is 2.39. The summed E-state index contributed by atoms with van der Waals surface area (Å²) in [6, 6.07) is 5.45. The van der Waals surface area contributed by atoms with Gasteiger partial charge in [-0.1, -0.05) is 12.0 Å². The Kier molecular flexibility index (Phi) is 3.80. The Hall–Kier alpha value is -2.74. The van der Waals surface area contributed by atoms with Crippen LogP contribution in [0.3, 0.4) is 0 Å². The van der Waals surface area contributed by atoms with Crippen molar-refractivity contribution in [1.82, 2.24) is 14.9 Å². The average molecular weight is 349 g/mol. The van der Waals surface area contributed by atoms with Gasteiger partial charge in [0.05, 0.1) is 11.0 Å². The molecule has 1 N–H and O–H groups in total. The first-order valence-corrected chi connectivity index (χ1v) is 9.00. The maximum absolute atomic E-state index is 12.8. The molecule has 1 aliphatic heterocycles. The maximum atomic E-state index is 12.8. The van der Waals surface area contributed by atoms with Crippen molar-refractivity contribution in [1.29, 1.82) is 0 Å². The van der Waals surface area contributed by atoms with Crippen LogP contribution in [0.5, 0.6) is 0 Å². The number of aromatic amines is 1. The van der Waals surface area contributed by atoms with Gasteiger partial charge in [-0.05, 0) is 63.3 Å². The van der Waals surface area contributed by atoms with E-state index in [1.165, 1.54) is 18.4 Å². The third-order valence-corrected chi connectivity index (χ3v) is 4.74. The number of fused-ring (bicyclic) bond motifs is 1. The minimum absolute atomic E-state index is 0.234. The van der Waals surface area contributed by atoms with Crippen LogP contribution in [0.25, 0.3) is 11.0 Å². The maximum Gasteiger partial charge on any atom is 0.411 e. The first kappa shape index (κ1) is 16.7. The summed E-state index contributed by atoms with van der Waals surface area (Å²) in [6.07, 6.45) is 9.75. The van der Waals surface area contributed by atoms with E-state index in [2.05, 4.69) is 17.0 Å². The SMILES string of the molecule is C#Cc1ccc2nc(C3C=C(C4CC4)CN3C(=O)OC(C)(C)C)[nH]c2c1. The predicted molar refractivity (Wildman–Crippen MR) is 101 cm³/mol.